The normalized spacial score (nSPS) is 15.6. The summed E-state index contributed by atoms with van der Waals surface area (Å²) in [6, 6.07) is 14.3. The van der Waals surface area contributed by atoms with Crippen LogP contribution in [0.4, 0.5) is 20.2 Å². The molecule has 2 heterocycles. The summed E-state index contributed by atoms with van der Waals surface area (Å²) in [6.07, 6.45) is 3.83. The Bertz CT molecular complexity index is 1080. The molecule has 9 heteroatoms. The molecule has 1 unspecified atom stereocenters. The zero-order valence-corrected chi connectivity index (χ0v) is 17.5. The molecule has 0 aliphatic carbocycles. The van der Waals surface area contributed by atoms with E-state index in [0.717, 1.165) is 6.42 Å². The van der Waals surface area contributed by atoms with E-state index < -0.39 is 12.9 Å². The SMILES string of the molecule is O=C(c1cccnc1)N(c1cccc(Cl)c1)c1ccc(OC(F)F)c(OC2CCCO2)c1. The number of anilines is 2. The van der Waals surface area contributed by atoms with Crippen LogP contribution in [0.15, 0.2) is 67.0 Å². The molecular weight excluding hydrogens is 442 g/mol. The van der Waals surface area contributed by atoms with Crippen LogP contribution in [0, 0.1) is 0 Å². The lowest BCUT2D eigenvalue weighted by Gasteiger charge is -2.25. The summed E-state index contributed by atoms with van der Waals surface area (Å²) in [7, 11) is 0. The first-order valence-electron chi connectivity index (χ1n) is 9.88. The number of carbonyl (C=O) groups excluding carboxylic acids is 1. The number of carbonyl (C=O) groups is 1. The van der Waals surface area contributed by atoms with Crippen molar-refractivity contribution in [3.63, 3.8) is 0 Å². The van der Waals surface area contributed by atoms with Gasteiger partial charge in [0.1, 0.15) is 0 Å². The highest BCUT2D eigenvalue weighted by molar-refractivity contribution is 6.31. The summed E-state index contributed by atoms with van der Waals surface area (Å²) >= 11 is 6.16. The second kappa shape index (κ2) is 9.93. The van der Waals surface area contributed by atoms with Gasteiger partial charge in [0.15, 0.2) is 17.8 Å². The molecule has 32 heavy (non-hydrogen) atoms. The number of halogens is 3. The summed E-state index contributed by atoms with van der Waals surface area (Å²) in [6.45, 7) is -2.52. The largest absolute Gasteiger partial charge is 0.461 e. The van der Waals surface area contributed by atoms with Crippen LogP contribution >= 0.6 is 11.6 Å². The summed E-state index contributed by atoms with van der Waals surface area (Å²) in [5.41, 5.74) is 1.19. The first-order valence-corrected chi connectivity index (χ1v) is 10.3. The van der Waals surface area contributed by atoms with Gasteiger partial charge in [-0.15, -0.1) is 0 Å². The Morgan fingerprint density at radius 1 is 1.12 bits per heavy atom. The predicted molar refractivity (Wildman–Crippen MR) is 115 cm³/mol. The Morgan fingerprint density at radius 3 is 2.66 bits per heavy atom. The molecule has 0 spiro atoms. The van der Waals surface area contributed by atoms with Crippen LogP contribution in [-0.2, 0) is 4.74 Å². The third kappa shape index (κ3) is 5.15. The van der Waals surface area contributed by atoms with Crippen LogP contribution in [0.3, 0.4) is 0 Å². The molecule has 2 aromatic carbocycles. The number of pyridine rings is 1. The van der Waals surface area contributed by atoms with Gasteiger partial charge in [0.05, 0.1) is 23.5 Å². The Labute approximate surface area is 188 Å². The van der Waals surface area contributed by atoms with Gasteiger partial charge in [0, 0.05) is 29.9 Å². The molecule has 1 aromatic heterocycles. The van der Waals surface area contributed by atoms with Crippen LogP contribution in [0.25, 0.3) is 0 Å². The highest BCUT2D eigenvalue weighted by atomic mass is 35.5. The Hall–Kier alpha value is -3.23. The molecule has 3 aromatic rings. The highest BCUT2D eigenvalue weighted by Crippen LogP contribution is 2.38. The molecule has 1 amide bonds. The van der Waals surface area contributed by atoms with Crippen molar-refractivity contribution in [3.8, 4) is 11.5 Å². The average Bonchev–Trinajstić information content (AvgIpc) is 3.29. The van der Waals surface area contributed by atoms with Gasteiger partial charge >= 0.3 is 6.61 Å². The number of aromatic nitrogens is 1. The van der Waals surface area contributed by atoms with Gasteiger partial charge in [-0.05, 0) is 48.9 Å². The van der Waals surface area contributed by atoms with Crippen LogP contribution in [0.5, 0.6) is 11.5 Å². The number of amides is 1. The van der Waals surface area contributed by atoms with E-state index >= 15 is 0 Å². The quantitative estimate of drug-likeness (QED) is 0.444. The monoisotopic (exact) mass is 460 g/mol. The van der Waals surface area contributed by atoms with Gasteiger partial charge in [-0.2, -0.15) is 8.78 Å². The third-order valence-corrected chi connectivity index (χ3v) is 4.96. The smallest absolute Gasteiger partial charge is 0.387 e. The number of hydrogen-bond acceptors (Lipinski definition) is 5. The molecule has 166 valence electrons. The first-order chi connectivity index (χ1) is 15.5. The topological polar surface area (TPSA) is 60.9 Å². The van der Waals surface area contributed by atoms with Gasteiger partial charge in [-0.1, -0.05) is 17.7 Å². The summed E-state index contributed by atoms with van der Waals surface area (Å²) in [5, 5.41) is 0.431. The van der Waals surface area contributed by atoms with E-state index in [-0.39, 0.29) is 17.4 Å². The van der Waals surface area contributed by atoms with E-state index in [4.69, 9.17) is 21.1 Å². The number of nitrogens with zero attached hydrogens (tertiary/aromatic N) is 2. The molecule has 4 rings (SSSR count). The van der Waals surface area contributed by atoms with Crippen molar-refractivity contribution in [1.29, 1.82) is 0 Å². The molecule has 1 fully saturated rings. The van der Waals surface area contributed by atoms with Crippen LogP contribution in [0.2, 0.25) is 5.02 Å². The van der Waals surface area contributed by atoms with E-state index in [2.05, 4.69) is 9.72 Å². The van der Waals surface area contributed by atoms with Gasteiger partial charge in [0.25, 0.3) is 5.91 Å². The molecule has 0 bridgehead atoms. The molecule has 0 saturated carbocycles. The molecular formula is C23H19ClF2N2O4. The van der Waals surface area contributed by atoms with Crippen LogP contribution in [0.1, 0.15) is 23.2 Å². The van der Waals surface area contributed by atoms with Gasteiger partial charge < -0.3 is 14.2 Å². The summed E-state index contributed by atoms with van der Waals surface area (Å²) in [4.78, 5) is 18.8. The second-order valence-corrected chi connectivity index (χ2v) is 7.37. The van der Waals surface area contributed by atoms with E-state index in [9.17, 15) is 13.6 Å². The average molecular weight is 461 g/mol. The highest BCUT2D eigenvalue weighted by Gasteiger charge is 2.25. The minimum absolute atomic E-state index is 0.0423. The van der Waals surface area contributed by atoms with E-state index in [1.54, 1.807) is 42.6 Å². The maximum Gasteiger partial charge on any atom is 0.387 e. The van der Waals surface area contributed by atoms with Crippen molar-refractivity contribution in [1.82, 2.24) is 4.98 Å². The van der Waals surface area contributed by atoms with Crippen molar-refractivity contribution in [2.45, 2.75) is 25.7 Å². The number of hydrogen-bond donors (Lipinski definition) is 0. The maximum atomic E-state index is 13.4. The number of benzene rings is 2. The van der Waals surface area contributed by atoms with Gasteiger partial charge in [-0.25, -0.2) is 0 Å². The second-order valence-electron chi connectivity index (χ2n) is 6.93. The number of alkyl halides is 2. The molecule has 1 atom stereocenters. The summed E-state index contributed by atoms with van der Waals surface area (Å²) < 4.78 is 41.7. The van der Waals surface area contributed by atoms with Gasteiger partial charge in [0.2, 0.25) is 0 Å². The molecule has 0 N–H and O–H groups in total. The van der Waals surface area contributed by atoms with Crippen LogP contribution in [-0.4, -0.2) is 30.4 Å². The van der Waals surface area contributed by atoms with Crippen molar-refractivity contribution < 1.29 is 27.8 Å². The predicted octanol–water partition coefficient (Wildman–Crippen LogP) is 5.83. The third-order valence-electron chi connectivity index (χ3n) is 4.73. The molecule has 1 aliphatic heterocycles. The maximum absolute atomic E-state index is 13.4. The van der Waals surface area contributed by atoms with Crippen molar-refractivity contribution in [2.75, 3.05) is 11.5 Å². The zero-order valence-electron chi connectivity index (χ0n) is 16.8. The Kier molecular flexibility index (Phi) is 6.82. The van der Waals surface area contributed by atoms with E-state index in [1.165, 1.54) is 29.3 Å². The summed E-state index contributed by atoms with van der Waals surface area (Å²) in [5.74, 6) is -0.495. The lowest BCUT2D eigenvalue weighted by Crippen LogP contribution is -2.26. The minimum Gasteiger partial charge on any atom is -0.461 e. The van der Waals surface area contributed by atoms with Gasteiger partial charge in [-0.3, -0.25) is 14.7 Å². The lowest BCUT2D eigenvalue weighted by atomic mass is 10.1. The van der Waals surface area contributed by atoms with E-state index in [1.807, 2.05) is 0 Å². The standard InChI is InChI=1S/C23H19ClF2N2O4/c24-16-5-1-6-17(12-16)28(22(29)15-4-2-10-27-14-15)18-8-9-19(32-23(25)26)20(13-18)31-21-7-3-11-30-21/h1-2,4-6,8-10,12-14,21,23H,3,7,11H2. The minimum atomic E-state index is -3.03. The molecule has 1 aliphatic rings. The van der Waals surface area contributed by atoms with Crippen LogP contribution < -0.4 is 14.4 Å². The molecule has 0 radical (unpaired) electrons. The van der Waals surface area contributed by atoms with Crippen molar-refractivity contribution >= 4 is 28.9 Å². The van der Waals surface area contributed by atoms with Crippen molar-refractivity contribution in [2.24, 2.45) is 0 Å². The fourth-order valence-corrected chi connectivity index (χ4v) is 3.51. The fourth-order valence-electron chi connectivity index (χ4n) is 3.32. The number of ether oxygens (including phenoxy) is 3. The fraction of sp³-hybridized carbons (Fsp3) is 0.217. The Morgan fingerprint density at radius 2 is 1.97 bits per heavy atom. The number of rotatable bonds is 7. The zero-order chi connectivity index (χ0) is 22.5. The molecule has 1 saturated heterocycles. The van der Waals surface area contributed by atoms with Crippen molar-refractivity contribution in [3.05, 3.63) is 77.6 Å². The Balaban J connectivity index is 1.78. The molecule has 6 nitrogen and oxygen atoms in total. The first kappa shape index (κ1) is 22.0. The lowest BCUT2D eigenvalue weighted by molar-refractivity contribution is -0.0632. The van der Waals surface area contributed by atoms with E-state index in [0.29, 0.717) is 35.0 Å².